The summed E-state index contributed by atoms with van der Waals surface area (Å²) in [6.07, 6.45) is 0. The van der Waals surface area contributed by atoms with Gasteiger partial charge in [-0.1, -0.05) is 48.5 Å². The zero-order chi connectivity index (χ0) is 22.4. The molecule has 7 heteroatoms. The molecular formula is C24H26N2O4S. The number of anilines is 1. The maximum Gasteiger partial charge on any atom is 0.258 e. The summed E-state index contributed by atoms with van der Waals surface area (Å²) in [4.78, 5) is 15.1. The van der Waals surface area contributed by atoms with Crippen LogP contribution in [-0.4, -0.2) is 27.5 Å². The molecule has 0 bridgehead atoms. The van der Waals surface area contributed by atoms with E-state index < -0.39 is 10.0 Å². The fraction of sp³-hybridized carbons (Fsp3) is 0.208. The van der Waals surface area contributed by atoms with Gasteiger partial charge in [0.2, 0.25) is 10.0 Å². The molecule has 31 heavy (non-hydrogen) atoms. The SMILES string of the molecule is COc1ccc(C(=O)N(Cc2ccccc2)c2ccccc2)cc1S(=O)(=O)NC(C)C. The zero-order valence-electron chi connectivity index (χ0n) is 17.8. The summed E-state index contributed by atoms with van der Waals surface area (Å²) in [7, 11) is -2.45. The number of para-hydroxylation sites is 1. The van der Waals surface area contributed by atoms with Gasteiger partial charge in [-0.15, -0.1) is 0 Å². The summed E-state index contributed by atoms with van der Waals surface area (Å²) in [5.41, 5.74) is 1.93. The van der Waals surface area contributed by atoms with Gasteiger partial charge in [-0.25, -0.2) is 13.1 Å². The highest BCUT2D eigenvalue weighted by atomic mass is 32.2. The lowest BCUT2D eigenvalue weighted by Gasteiger charge is -2.24. The van der Waals surface area contributed by atoms with Crippen LogP contribution in [0.3, 0.4) is 0 Å². The quantitative estimate of drug-likeness (QED) is 0.571. The van der Waals surface area contributed by atoms with Crippen molar-refractivity contribution in [3.63, 3.8) is 0 Å². The third-order valence-electron chi connectivity index (χ3n) is 4.59. The molecule has 0 aliphatic heterocycles. The summed E-state index contributed by atoms with van der Waals surface area (Å²) < 4.78 is 33.4. The molecule has 0 spiro atoms. The van der Waals surface area contributed by atoms with E-state index in [1.165, 1.54) is 19.2 Å². The highest BCUT2D eigenvalue weighted by Crippen LogP contribution is 2.27. The maximum absolute atomic E-state index is 13.5. The summed E-state index contributed by atoms with van der Waals surface area (Å²) in [5.74, 6) is -0.127. The standard InChI is InChI=1S/C24H26N2O4S/c1-18(2)25-31(28,29)23-16-20(14-15-22(23)30-3)24(27)26(21-12-8-5-9-13-21)17-19-10-6-4-7-11-19/h4-16,18,25H,17H2,1-3H3. The van der Waals surface area contributed by atoms with Crippen molar-refractivity contribution in [2.75, 3.05) is 12.0 Å². The van der Waals surface area contributed by atoms with Crippen molar-refractivity contribution in [2.24, 2.45) is 0 Å². The molecule has 0 aliphatic carbocycles. The van der Waals surface area contributed by atoms with Crippen LogP contribution in [0.2, 0.25) is 0 Å². The largest absolute Gasteiger partial charge is 0.495 e. The Labute approximate surface area is 183 Å². The molecule has 0 fully saturated rings. The average Bonchev–Trinajstić information content (AvgIpc) is 2.77. The van der Waals surface area contributed by atoms with Crippen molar-refractivity contribution >= 4 is 21.6 Å². The molecular weight excluding hydrogens is 412 g/mol. The lowest BCUT2D eigenvalue weighted by Crippen LogP contribution is -2.32. The number of hydrogen-bond donors (Lipinski definition) is 1. The Kier molecular flexibility index (Phi) is 7.09. The number of hydrogen-bond acceptors (Lipinski definition) is 4. The van der Waals surface area contributed by atoms with Crippen LogP contribution >= 0.6 is 0 Å². The number of nitrogens with one attached hydrogen (secondary N) is 1. The van der Waals surface area contributed by atoms with E-state index in [1.54, 1.807) is 24.8 Å². The van der Waals surface area contributed by atoms with E-state index in [1.807, 2.05) is 60.7 Å². The number of ether oxygens (including phenoxy) is 1. The number of carbonyl (C=O) groups is 1. The minimum Gasteiger partial charge on any atom is -0.495 e. The van der Waals surface area contributed by atoms with E-state index in [0.29, 0.717) is 6.54 Å². The Morgan fingerprint density at radius 3 is 2.16 bits per heavy atom. The van der Waals surface area contributed by atoms with Crippen molar-refractivity contribution in [2.45, 2.75) is 31.3 Å². The van der Waals surface area contributed by atoms with Gasteiger partial charge in [0.15, 0.2) is 0 Å². The second-order valence-corrected chi connectivity index (χ2v) is 9.04. The molecule has 3 rings (SSSR count). The highest BCUT2D eigenvalue weighted by molar-refractivity contribution is 7.89. The molecule has 0 saturated carbocycles. The van der Waals surface area contributed by atoms with E-state index in [0.717, 1.165) is 11.3 Å². The molecule has 3 aromatic carbocycles. The first kappa shape index (κ1) is 22.5. The first-order chi connectivity index (χ1) is 14.8. The number of benzene rings is 3. The first-order valence-electron chi connectivity index (χ1n) is 9.93. The molecule has 0 aromatic heterocycles. The second-order valence-electron chi connectivity index (χ2n) is 7.35. The summed E-state index contributed by atoms with van der Waals surface area (Å²) in [5, 5.41) is 0. The van der Waals surface area contributed by atoms with Crippen LogP contribution in [0.1, 0.15) is 29.8 Å². The van der Waals surface area contributed by atoms with Gasteiger partial charge < -0.3 is 9.64 Å². The smallest absolute Gasteiger partial charge is 0.258 e. The first-order valence-corrected chi connectivity index (χ1v) is 11.4. The minimum absolute atomic E-state index is 0.0673. The lowest BCUT2D eigenvalue weighted by molar-refractivity contribution is 0.0985. The molecule has 0 saturated heterocycles. The van der Waals surface area contributed by atoms with E-state index in [-0.39, 0.29) is 28.2 Å². The Morgan fingerprint density at radius 2 is 1.58 bits per heavy atom. The summed E-state index contributed by atoms with van der Waals surface area (Å²) in [6.45, 7) is 3.81. The van der Waals surface area contributed by atoms with Crippen molar-refractivity contribution in [1.82, 2.24) is 4.72 Å². The average molecular weight is 439 g/mol. The van der Waals surface area contributed by atoms with Crippen molar-refractivity contribution in [3.05, 3.63) is 90.0 Å². The number of sulfonamides is 1. The number of methoxy groups -OCH3 is 1. The normalized spacial score (nSPS) is 11.4. The highest BCUT2D eigenvalue weighted by Gasteiger charge is 2.25. The Balaban J connectivity index is 2.04. The van der Waals surface area contributed by atoms with Gasteiger partial charge in [0.1, 0.15) is 10.6 Å². The molecule has 1 amide bonds. The van der Waals surface area contributed by atoms with Gasteiger partial charge in [0.25, 0.3) is 5.91 Å². The zero-order valence-corrected chi connectivity index (χ0v) is 18.6. The lowest BCUT2D eigenvalue weighted by atomic mass is 10.1. The van der Waals surface area contributed by atoms with Crippen LogP contribution in [-0.2, 0) is 16.6 Å². The predicted molar refractivity (Wildman–Crippen MR) is 122 cm³/mol. The van der Waals surface area contributed by atoms with Crippen LogP contribution in [0.15, 0.2) is 83.8 Å². The number of carbonyl (C=O) groups excluding carboxylic acids is 1. The monoisotopic (exact) mass is 438 g/mol. The molecule has 6 nitrogen and oxygen atoms in total. The Hall–Kier alpha value is -3.16. The van der Waals surface area contributed by atoms with E-state index in [2.05, 4.69) is 4.72 Å². The van der Waals surface area contributed by atoms with Gasteiger partial charge in [0.05, 0.1) is 13.7 Å². The summed E-state index contributed by atoms with van der Waals surface area (Å²) in [6, 6.07) is 23.1. The van der Waals surface area contributed by atoms with Crippen LogP contribution in [0, 0.1) is 0 Å². The number of nitrogens with zero attached hydrogens (tertiary/aromatic N) is 1. The van der Waals surface area contributed by atoms with Gasteiger partial charge >= 0.3 is 0 Å². The third-order valence-corrected chi connectivity index (χ3v) is 6.27. The van der Waals surface area contributed by atoms with Gasteiger partial charge in [0, 0.05) is 17.3 Å². The summed E-state index contributed by atoms with van der Waals surface area (Å²) >= 11 is 0. The van der Waals surface area contributed by atoms with E-state index in [4.69, 9.17) is 4.74 Å². The number of amides is 1. The topological polar surface area (TPSA) is 75.7 Å². The van der Waals surface area contributed by atoms with Crippen LogP contribution in [0.4, 0.5) is 5.69 Å². The van der Waals surface area contributed by atoms with Crippen molar-refractivity contribution in [1.29, 1.82) is 0 Å². The van der Waals surface area contributed by atoms with Crippen molar-refractivity contribution < 1.29 is 17.9 Å². The molecule has 0 aliphatic rings. The molecule has 0 radical (unpaired) electrons. The predicted octanol–water partition coefficient (Wildman–Crippen LogP) is 4.23. The molecule has 3 aromatic rings. The van der Waals surface area contributed by atoms with Crippen LogP contribution in [0.25, 0.3) is 0 Å². The fourth-order valence-electron chi connectivity index (χ4n) is 3.20. The van der Waals surface area contributed by atoms with Gasteiger partial charge in [-0.2, -0.15) is 0 Å². The van der Waals surface area contributed by atoms with Gasteiger partial charge in [-0.05, 0) is 49.7 Å². The molecule has 162 valence electrons. The molecule has 0 unspecified atom stereocenters. The maximum atomic E-state index is 13.5. The minimum atomic E-state index is -3.85. The van der Waals surface area contributed by atoms with E-state index >= 15 is 0 Å². The Bertz CT molecular complexity index is 1130. The third kappa shape index (κ3) is 5.51. The van der Waals surface area contributed by atoms with Crippen LogP contribution < -0.4 is 14.4 Å². The molecule has 0 atom stereocenters. The molecule has 0 heterocycles. The Morgan fingerprint density at radius 1 is 0.968 bits per heavy atom. The van der Waals surface area contributed by atoms with Crippen molar-refractivity contribution in [3.8, 4) is 5.75 Å². The van der Waals surface area contributed by atoms with Crippen LogP contribution in [0.5, 0.6) is 5.75 Å². The fourth-order valence-corrected chi connectivity index (χ4v) is 4.65. The van der Waals surface area contributed by atoms with Gasteiger partial charge in [-0.3, -0.25) is 4.79 Å². The second kappa shape index (κ2) is 9.76. The number of rotatable bonds is 8. The molecule has 1 N–H and O–H groups in total. The van der Waals surface area contributed by atoms with E-state index in [9.17, 15) is 13.2 Å².